The summed E-state index contributed by atoms with van der Waals surface area (Å²) in [4.78, 5) is 21.1. The molecule has 0 spiro atoms. The lowest BCUT2D eigenvalue weighted by molar-refractivity contribution is 0.109. The number of amides is 2. The minimum atomic E-state index is -0.378. The monoisotopic (exact) mass is 364 g/mol. The van der Waals surface area contributed by atoms with E-state index < -0.39 is 0 Å². The summed E-state index contributed by atoms with van der Waals surface area (Å²) in [6.45, 7) is 1.21. The summed E-state index contributed by atoms with van der Waals surface area (Å²) in [5.41, 5.74) is 3.73. The Morgan fingerprint density at radius 3 is 2.93 bits per heavy atom. The van der Waals surface area contributed by atoms with Crippen LogP contribution >= 0.6 is 0 Å². The van der Waals surface area contributed by atoms with Crippen molar-refractivity contribution in [2.45, 2.75) is 25.5 Å². The average Bonchev–Trinajstić information content (AvgIpc) is 3.23. The number of nitrogens with zero attached hydrogens (tertiary/aromatic N) is 2. The first-order valence-corrected chi connectivity index (χ1v) is 8.84. The van der Waals surface area contributed by atoms with Gasteiger partial charge < -0.3 is 19.8 Å². The molecule has 0 saturated heterocycles. The van der Waals surface area contributed by atoms with Crippen molar-refractivity contribution in [2.75, 3.05) is 11.9 Å². The Labute approximate surface area is 156 Å². The van der Waals surface area contributed by atoms with E-state index in [9.17, 15) is 4.79 Å². The third-order valence-corrected chi connectivity index (χ3v) is 4.40. The maximum atomic E-state index is 12.5. The number of hydrogen-bond acceptors (Lipinski definition) is 5. The topological polar surface area (TPSA) is 89.3 Å². The fraction of sp³-hybridized carbons (Fsp3) is 0.250. The highest BCUT2D eigenvalue weighted by Gasteiger charge is 2.20. The molecule has 27 heavy (non-hydrogen) atoms. The van der Waals surface area contributed by atoms with Crippen LogP contribution in [0.5, 0.6) is 0 Å². The maximum absolute atomic E-state index is 12.5. The predicted octanol–water partition coefficient (Wildman–Crippen LogP) is 3.25. The lowest BCUT2D eigenvalue weighted by Gasteiger charge is -2.18. The van der Waals surface area contributed by atoms with Gasteiger partial charge in [0.2, 0.25) is 5.89 Å². The molecule has 7 heteroatoms. The zero-order valence-electron chi connectivity index (χ0n) is 14.7. The number of fused-ring (bicyclic) bond motifs is 1. The van der Waals surface area contributed by atoms with Crippen LogP contribution in [0.25, 0.3) is 0 Å². The molecule has 1 aromatic carbocycles. The summed E-state index contributed by atoms with van der Waals surface area (Å²) in [5, 5.41) is 5.76. The number of urea groups is 1. The molecule has 1 aliphatic heterocycles. The van der Waals surface area contributed by atoms with E-state index in [0.717, 1.165) is 23.2 Å². The Bertz CT molecular complexity index is 897. The highest BCUT2D eigenvalue weighted by molar-refractivity contribution is 5.89. The molecular weight excluding hydrogens is 344 g/mol. The molecule has 0 radical (unpaired) electrons. The van der Waals surface area contributed by atoms with E-state index in [4.69, 9.17) is 9.15 Å². The first kappa shape index (κ1) is 17.2. The number of ether oxygens (including phenoxy) is 1. The maximum Gasteiger partial charge on any atom is 0.319 e. The summed E-state index contributed by atoms with van der Waals surface area (Å²) < 4.78 is 10.9. The number of pyridine rings is 1. The van der Waals surface area contributed by atoms with Gasteiger partial charge in [0.15, 0.2) is 0 Å². The van der Waals surface area contributed by atoms with E-state index in [1.165, 1.54) is 6.26 Å². The highest BCUT2D eigenvalue weighted by atomic mass is 16.5. The molecule has 1 atom stereocenters. The molecule has 2 N–H and O–H groups in total. The molecular formula is C20H20N4O3. The predicted molar refractivity (Wildman–Crippen MR) is 99.1 cm³/mol. The van der Waals surface area contributed by atoms with Crippen LogP contribution in [0.2, 0.25) is 0 Å². The van der Waals surface area contributed by atoms with Crippen LogP contribution in [-0.4, -0.2) is 22.6 Å². The summed E-state index contributed by atoms with van der Waals surface area (Å²) in [5.74, 6) is 0.464. The van der Waals surface area contributed by atoms with Crippen molar-refractivity contribution in [2.24, 2.45) is 0 Å². The van der Waals surface area contributed by atoms with Crippen molar-refractivity contribution in [3.8, 4) is 0 Å². The van der Waals surface area contributed by atoms with Gasteiger partial charge in [-0.3, -0.25) is 4.98 Å². The first-order chi connectivity index (χ1) is 13.3. The van der Waals surface area contributed by atoms with Crippen molar-refractivity contribution in [3.63, 3.8) is 0 Å². The van der Waals surface area contributed by atoms with E-state index in [-0.39, 0.29) is 12.1 Å². The molecule has 3 aromatic rings. The number of oxazole rings is 1. The Kier molecular flexibility index (Phi) is 5.11. The quantitative estimate of drug-likeness (QED) is 0.725. The molecule has 2 aromatic heterocycles. The van der Waals surface area contributed by atoms with Gasteiger partial charge in [0.05, 0.1) is 31.3 Å². The van der Waals surface area contributed by atoms with Crippen molar-refractivity contribution in [3.05, 3.63) is 77.8 Å². The summed E-state index contributed by atoms with van der Waals surface area (Å²) in [6.07, 6.45) is 6.11. The number of benzene rings is 1. The number of aromatic nitrogens is 2. The lowest BCUT2D eigenvalue weighted by atomic mass is 10.1. The molecule has 0 fully saturated rings. The van der Waals surface area contributed by atoms with E-state index >= 15 is 0 Å². The van der Waals surface area contributed by atoms with Gasteiger partial charge in [0, 0.05) is 24.1 Å². The second-order valence-electron chi connectivity index (χ2n) is 6.34. The molecule has 0 bridgehead atoms. The third kappa shape index (κ3) is 4.32. The van der Waals surface area contributed by atoms with Gasteiger partial charge in [-0.05, 0) is 11.6 Å². The average molecular weight is 364 g/mol. The Hall–Kier alpha value is -3.19. The molecule has 7 nitrogen and oxygen atoms in total. The number of anilines is 1. The summed E-state index contributed by atoms with van der Waals surface area (Å²) in [7, 11) is 0. The Balaban J connectivity index is 1.45. The van der Waals surface area contributed by atoms with Gasteiger partial charge in [0.25, 0.3) is 0 Å². The van der Waals surface area contributed by atoms with E-state index in [1.54, 1.807) is 12.4 Å². The summed E-state index contributed by atoms with van der Waals surface area (Å²) in [6, 6.07) is 11.1. The van der Waals surface area contributed by atoms with E-state index in [1.807, 2.05) is 36.4 Å². The van der Waals surface area contributed by atoms with Crippen molar-refractivity contribution >= 4 is 11.7 Å². The second kappa shape index (κ2) is 8.01. The van der Waals surface area contributed by atoms with Gasteiger partial charge in [-0.25, -0.2) is 9.78 Å². The van der Waals surface area contributed by atoms with Crippen LogP contribution in [0.15, 0.2) is 59.5 Å². The number of carbonyl (C=O) groups is 1. The van der Waals surface area contributed by atoms with Gasteiger partial charge in [0.1, 0.15) is 12.3 Å². The highest BCUT2D eigenvalue weighted by Crippen LogP contribution is 2.20. The number of carbonyl (C=O) groups excluding carboxylic acids is 1. The van der Waals surface area contributed by atoms with Crippen LogP contribution in [0.3, 0.4) is 0 Å². The SMILES string of the molecule is O=C(Nc1cnc2c(c1)COCC2)NC(Cc1ccccc1)c1ncco1. The zero-order chi connectivity index (χ0) is 18.5. The van der Waals surface area contributed by atoms with E-state index in [0.29, 0.717) is 31.2 Å². The Morgan fingerprint density at radius 2 is 2.11 bits per heavy atom. The fourth-order valence-electron chi connectivity index (χ4n) is 3.09. The third-order valence-electron chi connectivity index (χ3n) is 4.40. The molecule has 1 aliphatic rings. The van der Waals surface area contributed by atoms with Gasteiger partial charge in [-0.15, -0.1) is 0 Å². The second-order valence-corrected chi connectivity index (χ2v) is 6.34. The smallest absolute Gasteiger partial charge is 0.319 e. The lowest BCUT2D eigenvalue weighted by Crippen LogP contribution is -2.34. The largest absolute Gasteiger partial charge is 0.447 e. The van der Waals surface area contributed by atoms with Gasteiger partial charge >= 0.3 is 6.03 Å². The van der Waals surface area contributed by atoms with Crippen LogP contribution < -0.4 is 10.6 Å². The normalized spacial score (nSPS) is 14.2. The number of hydrogen-bond donors (Lipinski definition) is 2. The molecule has 1 unspecified atom stereocenters. The minimum Gasteiger partial charge on any atom is -0.447 e. The first-order valence-electron chi connectivity index (χ1n) is 8.84. The van der Waals surface area contributed by atoms with Gasteiger partial charge in [-0.1, -0.05) is 30.3 Å². The zero-order valence-corrected chi connectivity index (χ0v) is 14.7. The van der Waals surface area contributed by atoms with Crippen LogP contribution in [0.1, 0.15) is 28.8 Å². The molecule has 3 heterocycles. The molecule has 0 saturated carbocycles. The van der Waals surface area contributed by atoms with Crippen molar-refractivity contribution < 1.29 is 13.9 Å². The number of rotatable bonds is 5. The standard InChI is InChI=1S/C20H20N4O3/c25-20(23-16-11-15-13-26-8-6-17(15)22-12-16)24-18(19-21-7-9-27-19)10-14-4-2-1-3-5-14/h1-5,7,9,11-12,18H,6,8,10,13H2,(H2,23,24,25). The molecule has 0 aliphatic carbocycles. The van der Waals surface area contributed by atoms with Crippen molar-refractivity contribution in [1.29, 1.82) is 0 Å². The van der Waals surface area contributed by atoms with E-state index in [2.05, 4.69) is 20.6 Å². The van der Waals surface area contributed by atoms with Crippen LogP contribution in [-0.2, 0) is 24.2 Å². The molecule has 4 rings (SSSR count). The minimum absolute atomic E-state index is 0.340. The summed E-state index contributed by atoms with van der Waals surface area (Å²) >= 11 is 0. The molecule has 138 valence electrons. The molecule has 2 amide bonds. The van der Waals surface area contributed by atoms with Crippen LogP contribution in [0, 0.1) is 0 Å². The van der Waals surface area contributed by atoms with Gasteiger partial charge in [-0.2, -0.15) is 0 Å². The van der Waals surface area contributed by atoms with Crippen LogP contribution in [0.4, 0.5) is 10.5 Å². The fourth-order valence-corrected chi connectivity index (χ4v) is 3.09. The number of nitrogens with one attached hydrogen (secondary N) is 2. The Morgan fingerprint density at radius 1 is 1.22 bits per heavy atom. The van der Waals surface area contributed by atoms with Crippen molar-refractivity contribution in [1.82, 2.24) is 15.3 Å².